The quantitative estimate of drug-likeness (QED) is 0.504. The van der Waals surface area contributed by atoms with Gasteiger partial charge in [-0.2, -0.15) is 0 Å². The summed E-state index contributed by atoms with van der Waals surface area (Å²) in [6, 6.07) is 9.01. The molecule has 0 bridgehead atoms. The molecule has 1 aliphatic carbocycles. The van der Waals surface area contributed by atoms with Crippen LogP contribution >= 0.6 is 0 Å². The first-order chi connectivity index (χ1) is 11.8. The second kappa shape index (κ2) is 8.52. The monoisotopic (exact) mass is 325 g/mol. The van der Waals surface area contributed by atoms with E-state index in [1.165, 1.54) is 49.7 Å². The van der Waals surface area contributed by atoms with Crippen LogP contribution in [0.1, 0.15) is 49.7 Å². The molecular weight excluding hydrogens is 298 g/mol. The lowest BCUT2D eigenvalue weighted by Crippen LogP contribution is -2.39. The number of nitrogens with zero attached hydrogens (tertiary/aromatic N) is 3. The van der Waals surface area contributed by atoms with Gasteiger partial charge in [0.2, 0.25) is 0 Å². The Morgan fingerprint density at radius 3 is 2.50 bits per heavy atom. The summed E-state index contributed by atoms with van der Waals surface area (Å²) in [7, 11) is 0. The van der Waals surface area contributed by atoms with Crippen LogP contribution in [0.3, 0.4) is 0 Å². The lowest BCUT2D eigenvalue weighted by atomic mass is 10.1. The molecule has 1 heterocycles. The van der Waals surface area contributed by atoms with Crippen LogP contribution in [0.4, 0.5) is 0 Å². The third-order valence-electron chi connectivity index (χ3n) is 4.59. The molecule has 1 saturated carbocycles. The third kappa shape index (κ3) is 5.11. The molecule has 5 nitrogen and oxygen atoms in total. The van der Waals surface area contributed by atoms with Gasteiger partial charge in [-0.05, 0) is 24.0 Å². The van der Waals surface area contributed by atoms with Crippen LogP contribution in [0.5, 0.6) is 0 Å². The molecule has 0 radical (unpaired) electrons. The van der Waals surface area contributed by atoms with Crippen LogP contribution in [-0.2, 0) is 13.1 Å². The molecule has 0 saturated heterocycles. The number of benzene rings is 1. The van der Waals surface area contributed by atoms with E-state index in [0.717, 1.165) is 6.54 Å². The van der Waals surface area contributed by atoms with Gasteiger partial charge in [0, 0.05) is 25.0 Å². The number of imidazole rings is 1. The number of hydrogen-bond donors (Lipinski definition) is 2. The zero-order valence-corrected chi connectivity index (χ0v) is 14.2. The topological polar surface area (TPSA) is 68.2 Å². The molecule has 3 rings (SSSR count). The maximum Gasteiger partial charge on any atom is 0.189 e. The lowest BCUT2D eigenvalue weighted by Gasteiger charge is -2.16. The predicted octanol–water partition coefficient (Wildman–Crippen LogP) is 3.06. The van der Waals surface area contributed by atoms with Gasteiger partial charge in [0.25, 0.3) is 0 Å². The molecule has 0 aliphatic heterocycles. The first-order valence-electron chi connectivity index (χ1n) is 8.89. The third-order valence-corrected chi connectivity index (χ3v) is 4.59. The Labute approximate surface area is 144 Å². The zero-order chi connectivity index (χ0) is 16.6. The normalized spacial score (nSPS) is 16.8. The zero-order valence-electron chi connectivity index (χ0n) is 14.2. The minimum Gasteiger partial charge on any atom is -0.370 e. The number of aromatic nitrogens is 2. The van der Waals surface area contributed by atoms with Gasteiger partial charge >= 0.3 is 0 Å². The highest BCUT2D eigenvalue weighted by molar-refractivity contribution is 5.78. The molecule has 3 N–H and O–H groups in total. The Morgan fingerprint density at radius 1 is 1.12 bits per heavy atom. The van der Waals surface area contributed by atoms with Crippen molar-refractivity contribution in [1.29, 1.82) is 0 Å². The molecule has 5 heteroatoms. The van der Waals surface area contributed by atoms with Crippen molar-refractivity contribution in [2.75, 3.05) is 0 Å². The molecule has 1 fully saturated rings. The SMILES string of the molecule is NC(=NCc1ccc(Cn2ccnc2)cc1)NC1CCCCCC1. The summed E-state index contributed by atoms with van der Waals surface area (Å²) in [5.41, 5.74) is 8.48. The average molecular weight is 325 g/mol. The number of hydrogen-bond acceptors (Lipinski definition) is 2. The van der Waals surface area contributed by atoms with Gasteiger partial charge in [-0.25, -0.2) is 9.98 Å². The maximum absolute atomic E-state index is 6.05. The Bertz CT molecular complexity index is 622. The van der Waals surface area contributed by atoms with Crippen LogP contribution in [0, 0.1) is 0 Å². The molecule has 1 aromatic heterocycles. The summed E-state index contributed by atoms with van der Waals surface area (Å²) in [6.45, 7) is 1.46. The second-order valence-corrected chi connectivity index (χ2v) is 6.59. The Balaban J connectivity index is 1.49. The second-order valence-electron chi connectivity index (χ2n) is 6.59. The number of guanidine groups is 1. The molecule has 0 unspecified atom stereocenters. The van der Waals surface area contributed by atoms with Crippen LogP contribution in [-0.4, -0.2) is 21.6 Å². The molecule has 128 valence electrons. The van der Waals surface area contributed by atoms with E-state index in [9.17, 15) is 0 Å². The fourth-order valence-electron chi connectivity index (χ4n) is 3.20. The summed E-state index contributed by atoms with van der Waals surface area (Å²) in [5, 5.41) is 3.39. The first-order valence-corrected chi connectivity index (χ1v) is 8.89. The molecule has 0 amide bonds. The fourth-order valence-corrected chi connectivity index (χ4v) is 3.20. The molecule has 1 aliphatic rings. The maximum atomic E-state index is 6.05. The van der Waals surface area contributed by atoms with Gasteiger partial charge in [0.1, 0.15) is 0 Å². The van der Waals surface area contributed by atoms with E-state index in [-0.39, 0.29) is 0 Å². The van der Waals surface area contributed by atoms with Gasteiger partial charge < -0.3 is 15.6 Å². The molecule has 24 heavy (non-hydrogen) atoms. The number of nitrogens with two attached hydrogens (primary N) is 1. The van der Waals surface area contributed by atoms with Gasteiger partial charge in [-0.15, -0.1) is 0 Å². The summed E-state index contributed by atoms with van der Waals surface area (Å²) in [6.07, 6.45) is 13.3. The largest absolute Gasteiger partial charge is 0.370 e. The highest BCUT2D eigenvalue weighted by Crippen LogP contribution is 2.17. The van der Waals surface area contributed by atoms with Crippen LogP contribution in [0.15, 0.2) is 48.0 Å². The molecular formula is C19H27N5. The van der Waals surface area contributed by atoms with Crippen molar-refractivity contribution in [2.24, 2.45) is 10.7 Å². The highest BCUT2D eigenvalue weighted by Gasteiger charge is 2.12. The summed E-state index contributed by atoms with van der Waals surface area (Å²) in [5.74, 6) is 0.574. The van der Waals surface area contributed by atoms with Crippen molar-refractivity contribution >= 4 is 5.96 Å². The minimum atomic E-state index is 0.494. The molecule has 0 spiro atoms. The lowest BCUT2D eigenvalue weighted by molar-refractivity contribution is 0.530. The first kappa shape index (κ1) is 16.6. The van der Waals surface area contributed by atoms with E-state index in [0.29, 0.717) is 18.5 Å². The van der Waals surface area contributed by atoms with Crippen molar-refractivity contribution in [3.05, 3.63) is 54.1 Å². The van der Waals surface area contributed by atoms with E-state index < -0.39 is 0 Å². The predicted molar refractivity (Wildman–Crippen MR) is 97.7 cm³/mol. The summed E-state index contributed by atoms with van der Waals surface area (Å²) in [4.78, 5) is 8.56. The molecule has 1 aromatic carbocycles. The van der Waals surface area contributed by atoms with E-state index in [1.807, 2.05) is 12.5 Å². The summed E-state index contributed by atoms with van der Waals surface area (Å²) >= 11 is 0. The van der Waals surface area contributed by atoms with Crippen molar-refractivity contribution in [3.8, 4) is 0 Å². The number of rotatable bonds is 5. The van der Waals surface area contributed by atoms with Crippen LogP contribution in [0.25, 0.3) is 0 Å². The Hall–Kier alpha value is -2.30. The standard InChI is InChI=1S/C19H27N5/c20-19(23-18-5-3-1-2-4-6-18)22-13-16-7-9-17(10-8-16)14-24-12-11-21-15-24/h7-12,15,18H,1-6,13-14H2,(H3,20,22,23). The van der Waals surface area contributed by atoms with E-state index in [4.69, 9.17) is 5.73 Å². The van der Waals surface area contributed by atoms with Crippen molar-refractivity contribution in [3.63, 3.8) is 0 Å². The number of aliphatic imine (C=N–C) groups is 1. The van der Waals surface area contributed by atoms with Crippen LogP contribution in [0.2, 0.25) is 0 Å². The van der Waals surface area contributed by atoms with Crippen molar-refractivity contribution in [2.45, 2.75) is 57.7 Å². The van der Waals surface area contributed by atoms with Gasteiger partial charge in [-0.3, -0.25) is 0 Å². The average Bonchev–Trinajstić information content (AvgIpc) is 2.97. The van der Waals surface area contributed by atoms with Gasteiger partial charge in [0.05, 0.1) is 12.9 Å². The molecule has 2 aromatic rings. The van der Waals surface area contributed by atoms with E-state index in [2.05, 4.69) is 44.1 Å². The van der Waals surface area contributed by atoms with Gasteiger partial charge in [0.15, 0.2) is 5.96 Å². The fraction of sp³-hybridized carbons (Fsp3) is 0.474. The van der Waals surface area contributed by atoms with Crippen molar-refractivity contribution in [1.82, 2.24) is 14.9 Å². The van der Waals surface area contributed by atoms with Crippen molar-refractivity contribution < 1.29 is 0 Å². The Morgan fingerprint density at radius 2 is 1.83 bits per heavy atom. The smallest absolute Gasteiger partial charge is 0.189 e. The van der Waals surface area contributed by atoms with E-state index in [1.54, 1.807) is 6.20 Å². The van der Waals surface area contributed by atoms with Crippen LogP contribution < -0.4 is 11.1 Å². The van der Waals surface area contributed by atoms with Gasteiger partial charge in [-0.1, -0.05) is 49.9 Å². The summed E-state index contributed by atoms with van der Waals surface area (Å²) < 4.78 is 2.06. The Kier molecular flexibility index (Phi) is 5.88. The van der Waals surface area contributed by atoms with E-state index >= 15 is 0 Å². The minimum absolute atomic E-state index is 0.494. The highest BCUT2D eigenvalue weighted by atomic mass is 15.1. The number of nitrogens with one attached hydrogen (secondary N) is 1. The molecule has 0 atom stereocenters.